The highest BCUT2D eigenvalue weighted by molar-refractivity contribution is 5.79. The molecular formula is C26H27N5O7. The van der Waals surface area contributed by atoms with E-state index in [9.17, 15) is 25.2 Å². The summed E-state index contributed by atoms with van der Waals surface area (Å²) in [5.41, 5.74) is 1.72. The molecule has 1 fully saturated rings. The van der Waals surface area contributed by atoms with Gasteiger partial charge in [-0.25, -0.2) is 19.3 Å². The summed E-state index contributed by atoms with van der Waals surface area (Å²) in [6, 6.07) is 10.4. The summed E-state index contributed by atoms with van der Waals surface area (Å²) in [5.74, 6) is 2.03. The number of nitrogens with one attached hydrogen (secondary N) is 1. The Kier molecular flexibility index (Phi) is 6.03. The normalized spacial score (nSPS) is 15.8. The van der Waals surface area contributed by atoms with Crippen molar-refractivity contribution in [2.24, 2.45) is 0 Å². The van der Waals surface area contributed by atoms with Crippen molar-refractivity contribution in [2.45, 2.75) is 44.4 Å². The van der Waals surface area contributed by atoms with Crippen molar-refractivity contribution in [1.29, 1.82) is 0 Å². The van der Waals surface area contributed by atoms with Crippen LogP contribution in [0.1, 0.15) is 37.3 Å². The molecule has 0 radical (unpaired) electrons. The van der Waals surface area contributed by atoms with Gasteiger partial charge in [0.05, 0.1) is 29.5 Å². The van der Waals surface area contributed by atoms with E-state index in [1.54, 1.807) is 18.2 Å². The van der Waals surface area contributed by atoms with Crippen molar-refractivity contribution in [3.8, 4) is 22.8 Å². The Balaban J connectivity index is 1.40. The molecule has 0 amide bonds. The molecule has 12 heteroatoms. The lowest BCUT2D eigenvalue weighted by atomic mass is 10.1. The van der Waals surface area contributed by atoms with Gasteiger partial charge in [0.15, 0.2) is 11.5 Å². The first kappa shape index (κ1) is 24.4. The molecule has 4 aromatic rings. The highest BCUT2D eigenvalue weighted by Crippen LogP contribution is 2.35. The van der Waals surface area contributed by atoms with E-state index >= 15 is 0 Å². The van der Waals surface area contributed by atoms with Gasteiger partial charge in [-0.15, -0.1) is 0 Å². The standard InChI is InChI=1S/C26H27N5O7/c32-14-15-9-18(16-5-6-21-22(11-16)38-8-7-37-21)28-24(10-15)29-23-12-19-20(13-27-23)31(26(34,35)36)25(33)30(19)17-3-1-2-4-17/h5-6,9-13,17,32,34-36H,1-4,7-8,14H2,(H,27,28,29). The van der Waals surface area contributed by atoms with E-state index in [-0.39, 0.29) is 18.2 Å². The first-order valence-electron chi connectivity index (χ1n) is 12.4. The van der Waals surface area contributed by atoms with E-state index in [2.05, 4.69) is 15.3 Å². The second kappa shape index (κ2) is 9.40. The number of pyridine rings is 2. The predicted octanol–water partition coefficient (Wildman–Crippen LogP) is 1.93. The predicted molar refractivity (Wildman–Crippen MR) is 136 cm³/mol. The Bertz CT molecular complexity index is 1570. The maximum Gasteiger partial charge on any atom is 0.377 e. The van der Waals surface area contributed by atoms with E-state index in [0.29, 0.717) is 57.7 Å². The van der Waals surface area contributed by atoms with Crippen LogP contribution >= 0.6 is 0 Å². The van der Waals surface area contributed by atoms with E-state index in [1.165, 1.54) is 10.8 Å². The number of aliphatic hydroxyl groups is 4. The molecule has 0 bridgehead atoms. The third-order valence-corrected chi connectivity index (χ3v) is 6.91. The number of hydrogen-bond acceptors (Lipinski definition) is 10. The Morgan fingerprint density at radius 3 is 2.47 bits per heavy atom. The molecule has 0 spiro atoms. The van der Waals surface area contributed by atoms with Gasteiger partial charge in [0, 0.05) is 17.7 Å². The average Bonchev–Trinajstić information content (AvgIpc) is 3.53. The van der Waals surface area contributed by atoms with Crippen LogP contribution in [0.5, 0.6) is 11.5 Å². The van der Waals surface area contributed by atoms with Crippen LogP contribution in [0, 0.1) is 0 Å². The molecule has 5 N–H and O–H groups in total. The fourth-order valence-electron chi connectivity index (χ4n) is 5.21. The van der Waals surface area contributed by atoms with Gasteiger partial charge in [0.1, 0.15) is 24.8 Å². The molecule has 6 rings (SSSR count). The SMILES string of the molecule is O=c1n(C2CCCC2)c2cc(Nc3cc(CO)cc(-c4ccc5c(c4)OCCO5)n3)ncc2n1C(O)(O)O. The van der Waals surface area contributed by atoms with Crippen LogP contribution < -0.4 is 20.5 Å². The van der Waals surface area contributed by atoms with E-state index in [1.807, 2.05) is 18.2 Å². The van der Waals surface area contributed by atoms with Gasteiger partial charge in [-0.1, -0.05) is 12.8 Å². The number of imidazole rings is 1. The Morgan fingerprint density at radius 1 is 0.974 bits per heavy atom. The van der Waals surface area contributed by atoms with Crippen LogP contribution in [0.2, 0.25) is 0 Å². The summed E-state index contributed by atoms with van der Waals surface area (Å²) < 4.78 is 13.3. The highest BCUT2D eigenvalue weighted by Gasteiger charge is 2.32. The molecular weight excluding hydrogens is 494 g/mol. The van der Waals surface area contributed by atoms with Crippen LogP contribution in [0.4, 0.5) is 11.6 Å². The van der Waals surface area contributed by atoms with Crippen LogP contribution in [0.15, 0.2) is 47.4 Å². The number of ether oxygens (including phenoxy) is 2. The fraction of sp³-hybridized carbons (Fsp3) is 0.346. The van der Waals surface area contributed by atoms with E-state index in [4.69, 9.17) is 9.47 Å². The molecule has 1 aliphatic heterocycles. The van der Waals surface area contributed by atoms with Crippen molar-refractivity contribution in [2.75, 3.05) is 18.5 Å². The largest absolute Gasteiger partial charge is 0.486 e. The lowest BCUT2D eigenvalue weighted by Gasteiger charge is -2.19. The lowest BCUT2D eigenvalue weighted by molar-refractivity contribution is -0.374. The first-order valence-corrected chi connectivity index (χ1v) is 12.4. The zero-order valence-electron chi connectivity index (χ0n) is 20.4. The average molecular weight is 522 g/mol. The molecule has 1 aliphatic carbocycles. The summed E-state index contributed by atoms with van der Waals surface area (Å²) in [7, 11) is 0. The quantitative estimate of drug-likeness (QED) is 0.237. The first-order chi connectivity index (χ1) is 18.3. The highest BCUT2D eigenvalue weighted by atomic mass is 16.7. The minimum Gasteiger partial charge on any atom is -0.486 e. The third kappa shape index (κ3) is 4.37. The monoisotopic (exact) mass is 521 g/mol. The number of aromatic nitrogens is 4. The van der Waals surface area contributed by atoms with Crippen molar-refractivity contribution >= 4 is 22.7 Å². The molecule has 0 unspecified atom stereocenters. The van der Waals surface area contributed by atoms with E-state index in [0.717, 1.165) is 31.2 Å². The Hall–Kier alpha value is -3.97. The molecule has 2 aliphatic rings. The maximum atomic E-state index is 13.1. The second-order valence-electron chi connectivity index (χ2n) is 9.47. The van der Waals surface area contributed by atoms with Gasteiger partial charge in [-0.05, 0) is 48.7 Å². The van der Waals surface area contributed by atoms with Gasteiger partial charge in [-0.3, -0.25) is 4.57 Å². The van der Waals surface area contributed by atoms with Crippen LogP contribution in [0.3, 0.4) is 0 Å². The van der Waals surface area contributed by atoms with Gasteiger partial charge in [-0.2, -0.15) is 0 Å². The number of aliphatic hydroxyl groups excluding tert-OH is 1. The summed E-state index contributed by atoms with van der Waals surface area (Å²) in [5, 5.41) is 42.6. The summed E-state index contributed by atoms with van der Waals surface area (Å²) in [4.78, 5) is 22.1. The van der Waals surface area contributed by atoms with Crippen molar-refractivity contribution in [3.63, 3.8) is 0 Å². The summed E-state index contributed by atoms with van der Waals surface area (Å²) in [6.45, 7) is 0.736. The Labute approximate surface area is 216 Å². The molecule has 0 atom stereocenters. The Morgan fingerprint density at radius 2 is 1.74 bits per heavy atom. The zero-order chi connectivity index (χ0) is 26.4. The summed E-state index contributed by atoms with van der Waals surface area (Å²) in [6.07, 6.45) is 1.34. The number of nitrogens with zero attached hydrogens (tertiary/aromatic N) is 4. The molecule has 4 heterocycles. The summed E-state index contributed by atoms with van der Waals surface area (Å²) >= 11 is 0. The number of fused-ring (bicyclic) bond motifs is 2. The minimum atomic E-state index is -3.37. The molecule has 12 nitrogen and oxygen atoms in total. The molecule has 3 aromatic heterocycles. The van der Waals surface area contributed by atoms with Crippen molar-refractivity contribution in [1.82, 2.24) is 19.1 Å². The van der Waals surface area contributed by atoms with Gasteiger partial charge in [0.25, 0.3) is 0 Å². The van der Waals surface area contributed by atoms with Crippen LogP contribution in [-0.2, 0) is 12.7 Å². The lowest BCUT2D eigenvalue weighted by Crippen LogP contribution is -2.41. The second-order valence-corrected chi connectivity index (χ2v) is 9.47. The molecule has 1 saturated carbocycles. The van der Waals surface area contributed by atoms with Crippen molar-refractivity contribution in [3.05, 3.63) is 58.6 Å². The number of hydrogen-bond donors (Lipinski definition) is 5. The molecule has 1 aromatic carbocycles. The number of benzene rings is 1. The van der Waals surface area contributed by atoms with E-state index < -0.39 is 11.8 Å². The minimum absolute atomic E-state index is 0.0778. The topological polar surface area (TPSA) is 164 Å². The maximum absolute atomic E-state index is 13.1. The van der Waals surface area contributed by atoms with Crippen LogP contribution in [-0.4, -0.2) is 52.7 Å². The number of anilines is 2. The molecule has 0 saturated heterocycles. The smallest absolute Gasteiger partial charge is 0.377 e. The van der Waals surface area contributed by atoms with Gasteiger partial charge in [0.2, 0.25) is 0 Å². The molecule has 38 heavy (non-hydrogen) atoms. The number of rotatable bonds is 6. The molecule has 198 valence electrons. The zero-order valence-corrected chi connectivity index (χ0v) is 20.4. The van der Waals surface area contributed by atoms with Gasteiger partial charge >= 0.3 is 11.8 Å². The van der Waals surface area contributed by atoms with Crippen molar-refractivity contribution < 1.29 is 29.9 Å². The van der Waals surface area contributed by atoms with Crippen LogP contribution in [0.25, 0.3) is 22.3 Å². The third-order valence-electron chi connectivity index (χ3n) is 6.91. The van der Waals surface area contributed by atoms with Gasteiger partial charge < -0.3 is 35.2 Å². The fourth-order valence-corrected chi connectivity index (χ4v) is 5.21.